The molecule has 0 radical (unpaired) electrons. The summed E-state index contributed by atoms with van der Waals surface area (Å²) in [5, 5.41) is 5.68. The van der Waals surface area contributed by atoms with Gasteiger partial charge < -0.3 is 20.3 Å². The van der Waals surface area contributed by atoms with Gasteiger partial charge in [-0.05, 0) is 42.8 Å². The van der Waals surface area contributed by atoms with Crippen molar-refractivity contribution in [3.63, 3.8) is 0 Å². The minimum atomic E-state index is -4.61. The molecule has 2 aromatic rings. The second-order valence-electron chi connectivity index (χ2n) is 6.64. The molecule has 3 rings (SSSR count). The van der Waals surface area contributed by atoms with Crippen molar-refractivity contribution in [1.29, 1.82) is 0 Å². The third-order valence-electron chi connectivity index (χ3n) is 4.40. The molecule has 6 nitrogen and oxygen atoms in total. The van der Waals surface area contributed by atoms with Gasteiger partial charge in [-0.15, -0.1) is 0 Å². The van der Waals surface area contributed by atoms with Crippen molar-refractivity contribution in [2.24, 2.45) is 0 Å². The lowest BCUT2D eigenvalue weighted by molar-refractivity contribution is -0.141. The topological polar surface area (TPSA) is 62.3 Å². The van der Waals surface area contributed by atoms with Gasteiger partial charge in [0.1, 0.15) is 11.6 Å². The van der Waals surface area contributed by atoms with Gasteiger partial charge in [0, 0.05) is 25.7 Å². The fraction of sp³-hybridized carbons (Fsp3) is 0.421. The Balaban J connectivity index is 1.58. The van der Waals surface area contributed by atoms with Crippen molar-refractivity contribution in [2.75, 3.05) is 43.1 Å². The van der Waals surface area contributed by atoms with Crippen LogP contribution in [0.15, 0.2) is 30.3 Å². The lowest BCUT2D eigenvalue weighted by Crippen LogP contribution is -2.37. The fourth-order valence-corrected chi connectivity index (χ4v) is 3.07. The number of morpholine rings is 1. The van der Waals surface area contributed by atoms with Gasteiger partial charge in [-0.3, -0.25) is 0 Å². The molecular weight excluding hydrogens is 422 g/mol. The van der Waals surface area contributed by atoms with E-state index in [1.54, 1.807) is 17.0 Å². The fourth-order valence-electron chi connectivity index (χ4n) is 2.88. The molecule has 0 spiro atoms. The van der Waals surface area contributed by atoms with Crippen LogP contribution in [0.3, 0.4) is 0 Å². The number of benzene rings is 1. The predicted molar refractivity (Wildman–Crippen MR) is 109 cm³/mol. The van der Waals surface area contributed by atoms with Crippen LogP contribution in [0.1, 0.15) is 17.7 Å². The second-order valence-corrected chi connectivity index (χ2v) is 7.05. The Bertz CT molecular complexity index is 857. The van der Waals surface area contributed by atoms with E-state index in [4.69, 9.17) is 17.0 Å². The Labute approximate surface area is 176 Å². The zero-order valence-electron chi connectivity index (χ0n) is 16.0. The van der Waals surface area contributed by atoms with E-state index < -0.39 is 11.9 Å². The van der Waals surface area contributed by atoms with Crippen molar-refractivity contribution >= 4 is 29.1 Å². The molecule has 0 unspecified atom stereocenters. The number of anilines is 2. The number of aryl methyl sites for hydroxylation is 1. The van der Waals surface area contributed by atoms with Crippen molar-refractivity contribution in [1.82, 2.24) is 15.3 Å². The summed E-state index contributed by atoms with van der Waals surface area (Å²) in [5.74, 6) is -0.343. The van der Waals surface area contributed by atoms with Crippen LogP contribution in [-0.2, 0) is 17.3 Å². The monoisotopic (exact) mass is 443 g/mol. The molecule has 1 saturated heterocycles. The van der Waals surface area contributed by atoms with E-state index in [-0.39, 0.29) is 22.7 Å². The van der Waals surface area contributed by atoms with Gasteiger partial charge in [-0.2, -0.15) is 18.2 Å². The Morgan fingerprint density at radius 3 is 2.50 bits per heavy atom. The molecule has 1 aromatic heterocycles. The molecule has 0 saturated carbocycles. The lowest BCUT2D eigenvalue weighted by atomic mass is 10.1. The largest absolute Gasteiger partial charge is 0.433 e. The number of nitrogens with one attached hydrogen (secondary N) is 2. The van der Waals surface area contributed by atoms with E-state index in [0.29, 0.717) is 45.7 Å². The number of nitrogens with zero attached hydrogens (tertiary/aromatic N) is 3. The summed E-state index contributed by atoms with van der Waals surface area (Å²) in [6.45, 7) is 2.21. The lowest BCUT2D eigenvalue weighted by Gasteiger charge is -2.28. The van der Waals surface area contributed by atoms with Gasteiger partial charge in [-0.25, -0.2) is 9.37 Å². The first-order valence-corrected chi connectivity index (χ1v) is 9.80. The van der Waals surface area contributed by atoms with E-state index >= 15 is 0 Å². The van der Waals surface area contributed by atoms with E-state index in [1.165, 1.54) is 12.1 Å². The van der Waals surface area contributed by atoms with Crippen molar-refractivity contribution in [3.8, 4) is 0 Å². The number of thiocarbonyl (C=S) groups is 1. The third kappa shape index (κ3) is 6.49. The maximum Gasteiger partial charge on any atom is 0.433 e. The van der Waals surface area contributed by atoms with E-state index in [0.717, 1.165) is 11.6 Å². The van der Waals surface area contributed by atoms with Crippen LogP contribution >= 0.6 is 12.2 Å². The number of ether oxygens (including phenoxy) is 1. The molecule has 162 valence electrons. The number of hydrogen-bond acceptors (Lipinski definition) is 5. The van der Waals surface area contributed by atoms with Crippen LogP contribution in [0.2, 0.25) is 0 Å². The zero-order chi connectivity index (χ0) is 21.6. The summed E-state index contributed by atoms with van der Waals surface area (Å²) < 4.78 is 57.9. The Kier molecular flexibility index (Phi) is 7.38. The van der Waals surface area contributed by atoms with E-state index in [2.05, 4.69) is 20.6 Å². The molecule has 1 aromatic carbocycles. The van der Waals surface area contributed by atoms with Gasteiger partial charge in [0.05, 0.1) is 13.2 Å². The number of halogens is 4. The van der Waals surface area contributed by atoms with Crippen molar-refractivity contribution in [3.05, 3.63) is 47.4 Å². The highest BCUT2D eigenvalue weighted by molar-refractivity contribution is 7.80. The third-order valence-corrected chi connectivity index (χ3v) is 4.65. The van der Waals surface area contributed by atoms with Gasteiger partial charge in [0.2, 0.25) is 5.95 Å². The molecule has 0 atom stereocenters. The maximum absolute atomic E-state index is 13.3. The zero-order valence-corrected chi connectivity index (χ0v) is 16.8. The molecule has 0 amide bonds. The highest BCUT2D eigenvalue weighted by Gasteiger charge is 2.34. The second kappa shape index (κ2) is 9.98. The molecule has 2 N–H and O–H groups in total. The summed E-state index contributed by atoms with van der Waals surface area (Å²) in [5.41, 5.74) is -0.0611. The highest BCUT2D eigenvalue weighted by Crippen LogP contribution is 2.30. The summed E-state index contributed by atoms with van der Waals surface area (Å²) in [6.07, 6.45) is -3.20. The summed E-state index contributed by atoms with van der Waals surface area (Å²) >= 11 is 5.15. The standard InChI is InChI=1S/C19H21F4N5OS/c20-14-5-3-13(4-6-14)2-1-7-24-18(30)27-17-25-15(19(21,22)23)12-16(26-17)28-8-10-29-11-9-28/h3-6,12H,1-2,7-11H2,(H2,24,25,26,27,30). The summed E-state index contributed by atoms with van der Waals surface area (Å²) in [6, 6.07) is 7.12. The first-order chi connectivity index (χ1) is 14.3. The Morgan fingerprint density at radius 2 is 1.83 bits per heavy atom. The van der Waals surface area contributed by atoms with Crippen LogP contribution in [0, 0.1) is 5.82 Å². The van der Waals surface area contributed by atoms with Crippen LogP contribution in [-0.4, -0.2) is 47.9 Å². The Morgan fingerprint density at radius 1 is 1.13 bits per heavy atom. The van der Waals surface area contributed by atoms with Gasteiger partial charge in [-0.1, -0.05) is 12.1 Å². The maximum atomic E-state index is 13.3. The van der Waals surface area contributed by atoms with E-state index in [1.807, 2.05) is 0 Å². The summed E-state index contributed by atoms with van der Waals surface area (Å²) in [4.78, 5) is 9.45. The van der Waals surface area contributed by atoms with Gasteiger partial charge in [0.25, 0.3) is 0 Å². The molecule has 11 heteroatoms. The van der Waals surface area contributed by atoms with Crippen LogP contribution in [0.25, 0.3) is 0 Å². The Hall–Kier alpha value is -2.53. The van der Waals surface area contributed by atoms with Crippen molar-refractivity contribution < 1.29 is 22.3 Å². The molecule has 1 aliphatic heterocycles. The van der Waals surface area contributed by atoms with Crippen LogP contribution < -0.4 is 15.5 Å². The molecule has 30 heavy (non-hydrogen) atoms. The average molecular weight is 443 g/mol. The van der Waals surface area contributed by atoms with Crippen LogP contribution in [0.5, 0.6) is 0 Å². The average Bonchev–Trinajstić information content (AvgIpc) is 2.72. The number of hydrogen-bond donors (Lipinski definition) is 2. The van der Waals surface area contributed by atoms with Gasteiger partial charge in [0.15, 0.2) is 10.8 Å². The smallest absolute Gasteiger partial charge is 0.378 e. The molecule has 0 bridgehead atoms. The normalized spacial score (nSPS) is 14.5. The molecular formula is C19H21F4N5OS. The predicted octanol–water partition coefficient (Wildman–Crippen LogP) is 3.39. The quantitative estimate of drug-likeness (QED) is 0.403. The number of aromatic nitrogens is 2. The first kappa shape index (κ1) is 22.2. The first-order valence-electron chi connectivity index (χ1n) is 9.39. The minimum Gasteiger partial charge on any atom is -0.378 e. The molecule has 0 aliphatic carbocycles. The molecule has 2 heterocycles. The minimum absolute atomic E-state index is 0.126. The van der Waals surface area contributed by atoms with Crippen molar-refractivity contribution in [2.45, 2.75) is 19.0 Å². The number of rotatable bonds is 6. The summed E-state index contributed by atoms with van der Waals surface area (Å²) in [7, 11) is 0. The number of alkyl halides is 3. The van der Waals surface area contributed by atoms with E-state index in [9.17, 15) is 17.6 Å². The molecule has 1 fully saturated rings. The highest BCUT2D eigenvalue weighted by atomic mass is 32.1. The molecule has 1 aliphatic rings. The SMILES string of the molecule is Fc1ccc(CCCNC(=S)Nc2nc(N3CCOCC3)cc(C(F)(F)F)n2)cc1. The van der Waals surface area contributed by atoms with Crippen LogP contribution in [0.4, 0.5) is 29.3 Å². The van der Waals surface area contributed by atoms with Gasteiger partial charge >= 0.3 is 6.18 Å².